The Balaban J connectivity index is 2.69. The van der Waals surface area contributed by atoms with Crippen molar-refractivity contribution < 1.29 is 19.4 Å². The second-order valence-corrected chi connectivity index (χ2v) is 4.44. The zero-order valence-electron chi connectivity index (χ0n) is 11.9. The molecule has 1 aromatic rings. The molecule has 0 bridgehead atoms. The normalized spacial score (nSPS) is 11.6. The summed E-state index contributed by atoms with van der Waals surface area (Å²) in [5.41, 5.74) is 0.607. The fraction of sp³-hybridized carbons (Fsp3) is 0.429. The van der Waals surface area contributed by atoms with Gasteiger partial charge in [0.05, 0.1) is 13.0 Å². The first-order chi connectivity index (χ1) is 9.47. The fourth-order valence-corrected chi connectivity index (χ4v) is 1.67. The van der Waals surface area contributed by atoms with E-state index in [2.05, 4.69) is 5.32 Å². The lowest BCUT2D eigenvalue weighted by Crippen LogP contribution is -2.39. The molecule has 1 atom stereocenters. The third-order valence-corrected chi connectivity index (χ3v) is 2.91. The number of nitrogens with one attached hydrogen (secondary N) is 1. The van der Waals surface area contributed by atoms with Crippen molar-refractivity contribution in [2.75, 3.05) is 25.5 Å². The number of rotatable bonds is 6. The number of aliphatic carboxylic acids is 1. The zero-order chi connectivity index (χ0) is 15.1. The van der Waals surface area contributed by atoms with E-state index in [1.807, 2.05) is 0 Å². The number of carbonyl (C=O) groups excluding carboxylic acids is 1. The summed E-state index contributed by atoms with van der Waals surface area (Å²) in [4.78, 5) is 24.4. The van der Waals surface area contributed by atoms with Gasteiger partial charge in [0.25, 0.3) is 0 Å². The largest absolute Gasteiger partial charge is 0.497 e. The second kappa shape index (κ2) is 7.37. The van der Waals surface area contributed by atoms with Gasteiger partial charge in [0.1, 0.15) is 5.75 Å². The van der Waals surface area contributed by atoms with E-state index in [-0.39, 0.29) is 12.6 Å². The van der Waals surface area contributed by atoms with E-state index < -0.39 is 11.9 Å². The number of benzene rings is 1. The SMILES string of the molecule is CCN(CC(C)C(=O)O)C(=O)Nc1cccc(OC)c1. The summed E-state index contributed by atoms with van der Waals surface area (Å²) in [6.45, 7) is 3.98. The first kappa shape index (κ1) is 15.8. The van der Waals surface area contributed by atoms with Gasteiger partial charge in [-0.2, -0.15) is 0 Å². The Morgan fingerprint density at radius 1 is 1.45 bits per heavy atom. The topological polar surface area (TPSA) is 78.9 Å². The number of ether oxygens (including phenoxy) is 1. The van der Waals surface area contributed by atoms with Crippen LogP contribution < -0.4 is 10.1 Å². The monoisotopic (exact) mass is 280 g/mol. The van der Waals surface area contributed by atoms with Crippen LogP contribution in [0.4, 0.5) is 10.5 Å². The number of carbonyl (C=O) groups is 2. The maximum Gasteiger partial charge on any atom is 0.321 e. The molecule has 20 heavy (non-hydrogen) atoms. The Bertz CT molecular complexity index is 476. The summed E-state index contributed by atoms with van der Waals surface area (Å²) in [5, 5.41) is 11.6. The van der Waals surface area contributed by atoms with Crippen molar-refractivity contribution >= 4 is 17.7 Å². The number of amides is 2. The molecule has 0 heterocycles. The van der Waals surface area contributed by atoms with Gasteiger partial charge in [-0.05, 0) is 19.1 Å². The molecular formula is C14H20N2O4. The van der Waals surface area contributed by atoms with Crippen molar-refractivity contribution in [1.82, 2.24) is 4.90 Å². The highest BCUT2D eigenvalue weighted by Gasteiger charge is 2.19. The molecule has 0 spiro atoms. The van der Waals surface area contributed by atoms with Crippen LogP contribution in [-0.2, 0) is 4.79 Å². The number of hydrogen-bond acceptors (Lipinski definition) is 3. The van der Waals surface area contributed by atoms with Crippen molar-refractivity contribution in [3.63, 3.8) is 0 Å². The van der Waals surface area contributed by atoms with Gasteiger partial charge >= 0.3 is 12.0 Å². The maximum absolute atomic E-state index is 12.1. The molecule has 110 valence electrons. The molecule has 2 N–H and O–H groups in total. The number of urea groups is 1. The third kappa shape index (κ3) is 4.46. The van der Waals surface area contributed by atoms with Crippen LogP contribution in [-0.4, -0.2) is 42.2 Å². The Morgan fingerprint density at radius 3 is 2.70 bits per heavy atom. The van der Waals surface area contributed by atoms with Crippen LogP contribution in [0.2, 0.25) is 0 Å². The predicted molar refractivity (Wildman–Crippen MR) is 76.1 cm³/mol. The lowest BCUT2D eigenvalue weighted by molar-refractivity contribution is -0.141. The van der Waals surface area contributed by atoms with Gasteiger partial charge in [0.2, 0.25) is 0 Å². The summed E-state index contributed by atoms with van der Waals surface area (Å²) in [6.07, 6.45) is 0. The first-order valence-electron chi connectivity index (χ1n) is 6.40. The van der Waals surface area contributed by atoms with Crippen LogP contribution in [0.1, 0.15) is 13.8 Å². The number of carboxylic acid groups (broad SMARTS) is 1. The predicted octanol–water partition coefficient (Wildman–Crippen LogP) is 2.27. The van der Waals surface area contributed by atoms with Crippen molar-refractivity contribution in [3.05, 3.63) is 24.3 Å². The van der Waals surface area contributed by atoms with Crippen LogP contribution in [0, 0.1) is 5.92 Å². The molecular weight excluding hydrogens is 260 g/mol. The summed E-state index contributed by atoms with van der Waals surface area (Å²) in [6, 6.07) is 6.67. The maximum atomic E-state index is 12.1. The molecule has 0 aromatic heterocycles. The number of carboxylic acids is 1. The first-order valence-corrected chi connectivity index (χ1v) is 6.40. The highest BCUT2D eigenvalue weighted by Crippen LogP contribution is 2.17. The van der Waals surface area contributed by atoms with E-state index in [1.54, 1.807) is 45.2 Å². The van der Waals surface area contributed by atoms with Crippen LogP contribution in [0.3, 0.4) is 0 Å². The van der Waals surface area contributed by atoms with Gasteiger partial charge in [-0.3, -0.25) is 4.79 Å². The van der Waals surface area contributed by atoms with Gasteiger partial charge in [0, 0.05) is 24.8 Å². The fourth-order valence-electron chi connectivity index (χ4n) is 1.67. The summed E-state index contributed by atoms with van der Waals surface area (Å²) in [5.74, 6) is -0.881. The van der Waals surface area contributed by atoms with E-state index in [0.29, 0.717) is 18.0 Å². The van der Waals surface area contributed by atoms with Gasteiger partial charge in [-0.15, -0.1) is 0 Å². The Kier molecular flexibility index (Phi) is 5.83. The van der Waals surface area contributed by atoms with Crippen molar-refractivity contribution in [3.8, 4) is 5.75 Å². The van der Waals surface area contributed by atoms with E-state index in [1.165, 1.54) is 4.90 Å². The average molecular weight is 280 g/mol. The minimum absolute atomic E-state index is 0.168. The van der Waals surface area contributed by atoms with Gasteiger partial charge < -0.3 is 20.1 Å². The molecule has 0 fully saturated rings. The highest BCUT2D eigenvalue weighted by molar-refractivity contribution is 5.89. The Morgan fingerprint density at radius 2 is 2.15 bits per heavy atom. The Labute approximate surface area is 118 Å². The quantitative estimate of drug-likeness (QED) is 0.837. The molecule has 2 amide bonds. The Hall–Kier alpha value is -2.24. The number of nitrogens with zero attached hydrogens (tertiary/aromatic N) is 1. The molecule has 6 nitrogen and oxygen atoms in total. The van der Waals surface area contributed by atoms with E-state index >= 15 is 0 Å². The summed E-state index contributed by atoms with van der Waals surface area (Å²) in [7, 11) is 1.55. The number of anilines is 1. The lowest BCUT2D eigenvalue weighted by atomic mass is 10.2. The number of methoxy groups -OCH3 is 1. The minimum atomic E-state index is -0.919. The molecule has 0 aliphatic heterocycles. The lowest BCUT2D eigenvalue weighted by Gasteiger charge is -2.23. The van der Waals surface area contributed by atoms with Gasteiger partial charge in [0.15, 0.2) is 0 Å². The molecule has 0 aliphatic rings. The van der Waals surface area contributed by atoms with Crippen LogP contribution >= 0.6 is 0 Å². The van der Waals surface area contributed by atoms with Crippen LogP contribution in [0.5, 0.6) is 5.75 Å². The van der Waals surface area contributed by atoms with Crippen molar-refractivity contribution in [1.29, 1.82) is 0 Å². The highest BCUT2D eigenvalue weighted by atomic mass is 16.5. The second-order valence-electron chi connectivity index (χ2n) is 4.44. The van der Waals surface area contributed by atoms with Crippen LogP contribution in [0.25, 0.3) is 0 Å². The van der Waals surface area contributed by atoms with Crippen molar-refractivity contribution in [2.24, 2.45) is 5.92 Å². The van der Waals surface area contributed by atoms with E-state index in [9.17, 15) is 9.59 Å². The zero-order valence-corrected chi connectivity index (χ0v) is 11.9. The summed E-state index contributed by atoms with van der Waals surface area (Å²) >= 11 is 0. The van der Waals surface area contributed by atoms with Gasteiger partial charge in [-0.1, -0.05) is 13.0 Å². The molecule has 6 heteroatoms. The third-order valence-electron chi connectivity index (χ3n) is 2.91. The van der Waals surface area contributed by atoms with E-state index in [0.717, 1.165) is 0 Å². The average Bonchev–Trinajstić information content (AvgIpc) is 2.44. The summed E-state index contributed by atoms with van der Waals surface area (Å²) < 4.78 is 5.08. The standard InChI is InChI=1S/C14H20N2O4/c1-4-16(9-10(2)13(17)18)14(19)15-11-6-5-7-12(8-11)20-3/h5-8,10H,4,9H2,1-3H3,(H,15,19)(H,17,18). The number of hydrogen-bond donors (Lipinski definition) is 2. The molecule has 0 saturated carbocycles. The molecule has 0 saturated heterocycles. The minimum Gasteiger partial charge on any atom is -0.497 e. The molecule has 0 radical (unpaired) electrons. The van der Waals surface area contributed by atoms with Crippen molar-refractivity contribution in [2.45, 2.75) is 13.8 Å². The molecule has 1 unspecified atom stereocenters. The van der Waals surface area contributed by atoms with Crippen LogP contribution in [0.15, 0.2) is 24.3 Å². The molecule has 0 aliphatic carbocycles. The van der Waals surface area contributed by atoms with Gasteiger partial charge in [-0.25, -0.2) is 4.79 Å². The smallest absolute Gasteiger partial charge is 0.321 e. The van der Waals surface area contributed by atoms with E-state index in [4.69, 9.17) is 9.84 Å². The molecule has 1 rings (SSSR count). The molecule has 1 aromatic carbocycles.